The van der Waals surface area contributed by atoms with Gasteiger partial charge < -0.3 is 11.1 Å². The van der Waals surface area contributed by atoms with Crippen LogP contribution in [0.5, 0.6) is 0 Å². The van der Waals surface area contributed by atoms with Crippen molar-refractivity contribution in [2.24, 2.45) is 5.73 Å². The summed E-state index contributed by atoms with van der Waals surface area (Å²) in [4.78, 5) is 10.6. The Kier molecular flexibility index (Phi) is 5.94. The van der Waals surface area contributed by atoms with E-state index in [4.69, 9.17) is 10.3 Å². The van der Waals surface area contributed by atoms with Crippen molar-refractivity contribution in [1.82, 2.24) is 10.0 Å². The number of hydrogen-bond acceptors (Lipinski definition) is 3. The molecule has 6 nitrogen and oxygen atoms in total. The van der Waals surface area contributed by atoms with Gasteiger partial charge in [-0.3, -0.25) is 9.35 Å². The highest BCUT2D eigenvalue weighted by atomic mass is 32.2. The molecule has 0 spiro atoms. The summed E-state index contributed by atoms with van der Waals surface area (Å²) in [5.74, 6) is -0.349. The standard InChI is InChI=1S/C4H11N3O3S/c5-1-2-6-4(8)3-7-11(9)10/h7H,1-3,5H2,(H,6,8)(H,9,10). The van der Waals surface area contributed by atoms with Crippen molar-refractivity contribution in [2.75, 3.05) is 19.6 Å². The van der Waals surface area contributed by atoms with Gasteiger partial charge in [-0.1, -0.05) is 0 Å². The van der Waals surface area contributed by atoms with E-state index in [2.05, 4.69) is 5.32 Å². The van der Waals surface area contributed by atoms with Gasteiger partial charge >= 0.3 is 0 Å². The molecule has 1 amide bonds. The largest absolute Gasteiger partial charge is 0.354 e. The number of nitrogens with one attached hydrogen (secondary N) is 2. The van der Waals surface area contributed by atoms with Crippen molar-refractivity contribution in [2.45, 2.75) is 0 Å². The third kappa shape index (κ3) is 7.40. The van der Waals surface area contributed by atoms with E-state index < -0.39 is 11.3 Å². The highest BCUT2D eigenvalue weighted by molar-refractivity contribution is 7.77. The summed E-state index contributed by atoms with van der Waals surface area (Å²) >= 11 is -2.13. The lowest BCUT2D eigenvalue weighted by atomic mass is 10.5. The van der Waals surface area contributed by atoms with Crippen LogP contribution in [0.15, 0.2) is 0 Å². The van der Waals surface area contributed by atoms with Crippen LogP contribution in [-0.2, 0) is 16.1 Å². The summed E-state index contributed by atoms with van der Waals surface area (Å²) in [6.07, 6.45) is 0. The molecular weight excluding hydrogens is 170 g/mol. The van der Waals surface area contributed by atoms with Crippen LogP contribution in [0.25, 0.3) is 0 Å². The molecule has 0 fully saturated rings. The molecule has 0 aromatic heterocycles. The lowest BCUT2D eigenvalue weighted by Gasteiger charge is -2.01. The minimum atomic E-state index is -2.13. The van der Waals surface area contributed by atoms with Gasteiger partial charge in [0.1, 0.15) is 0 Å². The van der Waals surface area contributed by atoms with Gasteiger partial charge in [0.2, 0.25) is 17.2 Å². The Morgan fingerprint density at radius 1 is 1.64 bits per heavy atom. The summed E-state index contributed by atoms with van der Waals surface area (Å²) in [6, 6.07) is 0. The number of hydrogen-bond donors (Lipinski definition) is 4. The molecule has 1 unspecified atom stereocenters. The lowest BCUT2D eigenvalue weighted by molar-refractivity contribution is -0.119. The van der Waals surface area contributed by atoms with Gasteiger partial charge in [-0.2, -0.15) is 0 Å². The SMILES string of the molecule is NCCNC(=O)CNS(=O)O. The Morgan fingerprint density at radius 3 is 2.73 bits per heavy atom. The van der Waals surface area contributed by atoms with Gasteiger partial charge in [0.05, 0.1) is 6.54 Å². The second-order valence-corrected chi connectivity index (χ2v) is 2.50. The van der Waals surface area contributed by atoms with Gasteiger partial charge in [-0.05, 0) is 0 Å². The molecule has 0 aliphatic heterocycles. The summed E-state index contributed by atoms with van der Waals surface area (Å²) in [5, 5.41) is 2.42. The Bertz CT molecular complexity index is 152. The summed E-state index contributed by atoms with van der Waals surface area (Å²) < 4.78 is 20.2. The Balaban J connectivity index is 3.30. The van der Waals surface area contributed by atoms with Gasteiger partial charge in [-0.15, -0.1) is 0 Å². The van der Waals surface area contributed by atoms with E-state index in [9.17, 15) is 9.00 Å². The quantitative estimate of drug-likeness (QED) is 0.361. The Hall–Kier alpha value is -0.500. The van der Waals surface area contributed by atoms with E-state index in [1.165, 1.54) is 0 Å². The molecule has 0 aliphatic carbocycles. The van der Waals surface area contributed by atoms with Crippen LogP contribution in [0.3, 0.4) is 0 Å². The highest BCUT2D eigenvalue weighted by Gasteiger charge is 1.99. The fourth-order valence-electron chi connectivity index (χ4n) is 0.401. The molecule has 0 aromatic carbocycles. The Morgan fingerprint density at radius 2 is 2.27 bits per heavy atom. The topological polar surface area (TPSA) is 104 Å². The van der Waals surface area contributed by atoms with E-state index >= 15 is 0 Å². The first kappa shape index (κ1) is 10.5. The van der Waals surface area contributed by atoms with E-state index in [1.807, 2.05) is 4.72 Å². The average molecular weight is 181 g/mol. The maximum absolute atomic E-state index is 10.6. The molecule has 0 bridgehead atoms. The fraction of sp³-hybridized carbons (Fsp3) is 0.750. The number of rotatable bonds is 5. The number of nitrogens with two attached hydrogens (primary N) is 1. The molecule has 5 N–H and O–H groups in total. The van der Waals surface area contributed by atoms with Gasteiger partial charge in [0, 0.05) is 13.1 Å². The smallest absolute Gasteiger partial charge is 0.235 e. The minimum absolute atomic E-state index is 0.177. The van der Waals surface area contributed by atoms with E-state index in [0.29, 0.717) is 13.1 Å². The number of carbonyl (C=O) groups is 1. The Labute approximate surface area is 66.9 Å². The molecule has 0 aliphatic rings. The van der Waals surface area contributed by atoms with Gasteiger partial charge in [0.25, 0.3) is 0 Å². The molecule has 66 valence electrons. The monoisotopic (exact) mass is 181 g/mol. The third-order valence-electron chi connectivity index (χ3n) is 0.823. The molecule has 0 aromatic rings. The summed E-state index contributed by atoms with van der Waals surface area (Å²) in [6.45, 7) is 0.551. The van der Waals surface area contributed by atoms with Gasteiger partial charge in [-0.25, -0.2) is 8.93 Å². The molecule has 0 radical (unpaired) electrons. The summed E-state index contributed by atoms with van der Waals surface area (Å²) in [5.41, 5.74) is 5.09. The average Bonchev–Trinajstić information content (AvgIpc) is 1.97. The first-order valence-electron chi connectivity index (χ1n) is 2.98. The maximum Gasteiger partial charge on any atom is 0.235 e. The molecule has 0 saturated carbocycles. The van der Waals surface area contributed by atoms with Crippen molar-refractivity contribution in [3.8, 4) is 0 Å². The number of amides is 1. The second-order valence-electron chi connectivity index (χ2n) is 1.71. The first-order valence-corrected chi connectivity index (χ1v) is 4.08. The molecular formula is C4H11N3O3S. The molecule has 11 heavy (non-hydrogen) atoms. The van der Waals surface area contributed by atoms with E-state index in [1.54, 1.807) is 0 Å². The first-order chi connectivity index (χ1) is 5.16. The van der Waals surface area contributed by atoms with Crippen molar-refractivity contribution in [1.29, 1.82) is 0 Å². The molecule has 7 heteroatoms. The molecule has 0 heterocycles. The maximum atomic E-state index is 10.6. The summed E-state index contributed by atoms with van der Waals surface area (Å²) in [7, 11) is 0. The zero-order valence-electron chi connectivity index (χ0n) is 5.87. The van der Waals surface area contributed by atoms with Crippen LogP contribution in [0.2, 0.25) is 0 Å². The van der Waals surface area contributed by atoms with Crippen LogP contribution in [0, 0.1) is 0 Å². The van der Waals surface area contributed by atoms with Crippen molar-refractivity contribution in [3.63, 3.8) is 0 Å². The van der Waals surface area contributed by atoms with Crippen molar-refractivity contribution >= 4 is 17.2 Å². The molecule has 0 saturated heterocycles. The predicted octanol–water partition coefficient (Wildman–Crippen LogP) is -2.21. The highest BCUT2D eigenvalue weighted by Crippen LogP contribution is 1.65. The van der Waals surface area contributed by atoms with E-state index in [-0.39, 0.29) is 12.5 Å². The van der Waals surface area contributed by atoms with E-state index in [0.717, 1.165) is 0 Å². The van der Waals surface area contributed by atoms with Crippen LogP contribution < -0.4 is 15.8 Å². The van der Waals surface area contributed by atoms with Crippen molar-refractivity contribution < 1.29 is 13.6 Å². The lowest BCUT2D eigenvalue weighted by Crippen LogP contribution is -2.36. The van der Waals surface area contributed by atoms with Crippen LogP contribution in [0.4, 0.5) is 0 Å². The second kappa shape index (κ2) is 6.23. The van der Waals surface area contributed by atoms with Crippen LogP contribution in [-0.4, -0.2) is 34.3 Å². The zero-order chi connectivity index (χ0) is 8.69. The minimum Gasteiger partial charge on any atom is -0.354 e. The molecule has 0 rings (SSSR count). The predicted molar refractivity (Wildman–Crippen MR) is 40.8 cm³/mol. The van der Waals surface area contributed by atoms with Gasteiger partial charge in [0.15, 0.2) is 0 Å². The number of carbonyl (C=O) groups excluding carboxylic acids is 1. The third-order valence-corrected chi connectivity index (χ3v) is 1.21. The fourth-order valence-corrected chi connectivity index (χ4v) is 0.656. The zero-order valence-corrected chi connectivity index (χ0v) is 6.69. The van der Waals surface area contributed by atoms with Crippen LogP contribution >= 0.6 is 0 Å². The van der Waals surface area contributed by atoms with Crippen LogP contribution in [0.1, 0.15) is 0 Å². The van der Waals surface area contributed by atoms with Crippen molar-refractivity contribution in [3.05, 3.63) is 0 Å². The normalized spacial score (nSPS) is 12.5. The molecule has 1 atom stereocenters.